The molecule has 10 aliphatic carbocycles. The summed E-state index contributed by atoms with van der Waals surface area (Å²) >= 11 is 11.6. The van der Waals surface area contributed by atoms with Gasteiger partial charge in [0.15, 0.2) is 11.6 Å². The number of nitrogens with one attached hydrogen (secondary N) is 1. The molecule has 14 heteroatoms. The third kappa shape index (κ3) is 14.3. The number of Topliss-reactive ketones (excluding diaryl/α,β-unsaturated/α-hetero) is 2. The maximum absolute atomic E-state index is 13.9. The Morgan fingerprint density at radius 2 is 0.941 bits per heavy atom. The number of aliphatic hydroxyl groups is 2. The Hall–Kier alpha value is -3.75. The SMILES string of the molecule is C.CC(=O)O[C@H]1CC[C@]2(C)[C@H]3CC[C@@H]4C5=C(C(C)C)C(=O)C[C@]5([C@H](O)CN)CC[C@@]4(C)[C@]3(C)CC[C@H]2C1(C)C.CC(=O)O[C@H]1CC[C@]2(C)[C@H]3CC[C@@H]4C5=C(C(C)C)C(=O)C[C@]5([C@H](O)CNCc5ccc(Cl)cc5)CC[C@@]4(C)[C@]3(C)CC[C@H]2C1(C)C.CCN(CC)CC.O=Cc1ccc(Cl)cc1. The van der Waals surface area contributed by atoms with Crippen LogP contribution in [0.3, 0.4) is 0 Å². The molecule has 0 aliphatic heterocycles. The summed E-state index contributed by atoms with van der Waals surface area (Å²) < 4.78 is 11.8. The number of carbonyl (C=O) groups is 5. The number of benzene rings is 2. The van der Waals surface area contributed by atoms with Gasteiger partial charge in [-0.25, -0.2) is 0 Å². The summed E-state index contributed by atoms with van der Waals surface area (Å²) in [5.74, 6) is 3.35. The molecule has 0 saturated heterocycles. The number of nitrogens with zero attached hydrogens (tertiary/aromatic N) is 1. The van der Waals surface area contributed by atoms with Crippen LogP contribution in [-0.4, -0.2) is 102 Å². The minimum Gasteiger partial charge on any atom is -0.462 e. The van der Waals surface area contributed by atoms with Crippen LogP contribution in [0.4, 0.5) is 0 Å². The second kappa shape index (κ2) is 31.2. The molecule has 2 aromatic carbocycles. The van der Waals surface area contributed by atoms with E-state index >= 15 is 0 Å². The molecule has 0 aromatic heterocycles. The smallest absolute Gasteiger partial charge is 0.302 e. The standard InChI is InChI=1S/C40H58ClNO4.C33H53NO4.C7H5ClO.C6H15N.CH4/c1-24(2)34-29(44)21-40(32(45)23-42-22-26-9-11-27(41)12-10-26)20-19-38(7)28(35(34)40)13-14-31-37(6)17-16-33(46-25(3)43)36(4,5)30(37)15-18-39(31,38)8;1-19(2)27-22(36)17-33(25(37)18-34)16-15-31(7)21(28(27)33)9-10-24-30(6)13-12-26(38-20(3)35)29(4,5)23(30)11-14-32(24,31)8;8-7-3-1-6(5-9)2-4-7;1-4-7(5-2)6-3;/h9-12,24,28,30-33,42,45H,13-23H2,1-8H3;19,21,23-26,37H,9-18,34H2,1-8H3;1-5H;4-6H2,1-3H3;1H4/t28-,30+,31-,32-,33+,37+,38-,39-,40+;21-,23+,24-,25-,26+,30+,31-,32-,33+;;;/m11.../s1. The van der Waals surface area contributed by atoms with Crippen LogP contribution in [0.2, 0.25) is 10.0 Å². The van der Waals surface area contributed by atoms with Crippen LogP contribution in [-0.2, 0) is 35.2 Å². The second-order valence-electron chi connectivity index (χ2n) is 36.4. The third-order valence-electron chi connectivity index (χ3n) is 30.9. The lowest BCUT2D eigenvalue weighted by molar-refractivity contribution is -0.234. The number of allylic oxidation sites excluding steroid dienone is 2. The molecule has 0 unspecified atom stereocenters. The van der Waals surface area contributed by atoms with Gasteiger partial charge >= 0.3 is 11.9 Å². The van der Waals surface area contributed by atoms with Crippen LogP contribution in [0.15, 0.2) is 70.8 Å². The lowest BCUT2D eigenvalue weighted by Gasteiger charge is -2.72. The highest BCUT2D eigenvalue weighted by Gasteiger charge is 2.73. The molecule has 0 bridgehead atoms. The van der Waals surface area contributed by atoms with Crippen molar-refractivity contribution in [2.75, 3.05) is 32.7 Å². The van der Waals surface area contributed by atoms with E-state index < -0.39 is 23.0 Å². The third-order valence-corrected chi connectivity index (χ3v) is 31.4. The number of esters is 2. The molecule has 8 saturated carbocycles. The Labute approximate surface area is 620 Å². The van der Waals surface area contributed by atoms with Gasteiger partial charge in [-0.2, -0.15) is 0 Å². The van der Waals surface area contributed by atoms with Crippen LogP contribution in [0.25, 0.3) is 0 Å². The Kier molecular flexibility index (Phi) is 25.6. The Bertz CT molecular complexity index is 3350. The Morgan fingerprint density at radius 1 is 0.554 bits per heavy atom. The summed E-state index contributed by atoms with van der Waals surface area (Å²) in [6, 6.07) is 14.6. The van der Waals surface area contributed by atoms with Gasteiger partial charge in [0.1, 0.15) is 18.5 Å². The quantitative estimate of drug-likeness (QED) is 0.0978. The van der Waals surface area contributed by atoms with Crippen LogP contribution < -0.4 is 11.1 Å². The molecule has 12 nitrogen and oxygen atoms in total. The van der Waals surface area contributed by atoms with E-state index in [9.17, 15) is 34.2 Å². The first-order chi connectivity index (χ1) is 46.8. The van der Waals surface area contributed by atoms with Crippen molar-refractivity contribution in [1.29, 1.82) is 0 Å². The van der Waals surface area contributed by atoms with Gasteiger partial charge in [-0.3, -0.25) is 24.0 Å². The number of halogens is 2. The molecular weight excluding hydrogens is 1300 g/mol. The van der Waals surface area contributed by atoms with E-state index in [-0.39, 0.29) is 105 Å². The normalized spacial score (nSPS) is 37.5. The number of ether oxygens (including phenoxy) is 2. The van der Waals surface area contributed by atoms with Crippen molar-refractivity contribution >= 4 is 53.0 Å². The van der Waals surface area contributed by atoms with Crippen LogP contribution in [0.1, 0.15) is 270 Å². The number of aldehydes is 1. The first-order valence-corrected chi connectivity index (χ1v) is 39.9. The predicted molar refractivity (Wildman–Crippen MR) is 411 cm³/mol. The van der Waals surface area contributed by atoms with Crippen molar-refractivity contribution in [3.63, 3.8) is 0 Å². The van der Waals surface area contributed by atoms with Gasteiger partial charge < -0.3 is 35.6 Å². The largest absolute Gasteiger partial charge is 0.462 e. The summed E-state index contributed by atoms with van der Waals surface area (Å²) in [6.07, 6.45) is 17.4. The van der Waals surface area contributed by atoms with E-state index in [1.165, 1.54) is 37.2 Å². The molecule has 566 valence electrons. The Balaban J connectivity index is 0.000000211. The topological polar surface area (TPSA) is 186 Å². The lowest BCUT2D eigenvalue weighted by Crippen LogP contribution is -2.66. The molecule has 5 N–H and O–H groups in total. The van der Waals surface area contributed by atoms with E-state index in [0.29, 0.717) is 72.0 Å². The number of hydrogen-bond acceptors (Lipinski definition) is 12. The van der Waals surface area contributed by atoms with Crippen molar-refractivity contribution in [3.8, 4) is 0 Å². The fourth-order valence-electron chi connectivity index (χ4n) is 25.5. The van der Waals surface area contributed by atoms with Crippen molar-refractivity contribution in [2.45, 2.75) is 286 Å². The molecular formula is C87H135Cl2N3O9. The fraction of sp³-hybridized carbons (Fsp3) is 0.759. The highest BCUT2D eigenvalue weighted by molar-refractivity contribution is 6.30. The van der Waals surface area contributed by atoms with E-state index in [1.54, 1.807) is 38.1 Å². The van der Waals surface area contributed by atoms with E-state index in [0.717, 1.165) is 124 Å². The van der Waals surface area contributed by atoms with Crippen LogP contribution in [0, 0.1) is 101 Å². The van der Waals surface area contributed by atoms with E-state index in [4.69, 9.17) is 38.4 Å². The van der Waals surface area contributed by atoms with Gasteiger partial charge in [0.2, 0.25) is 0 Å². The summed E-state index contributed by atoms with van der Waals surface area (Å²) in [6.45, 7) is 48.0. The summed E-state index contributed by atoms with van der Waals surface area (Å²) in [7, 11) is 0. The first-order valence-electron chi connectivity index (χ1n) is 39.1. The van der Waals surface area contributed by atoms with Crippen molar-refractivity contribution in [1.82, 2.24) is 10.2 Å². The van der Waals surface area contributed by atoms with Gasteiger partial charge in [0.25, 0.3) is 0 Å². The van der Waals surface area contributed by atoms with E-state index in [1.807, 2.05) is 24.3 Å². The highest BCUT2D eigenvalue weighted by atomic mass is 35.5. The monoisotopic (exact) mass is 1440 g/mol. The molecule has 12 rings (SSSR count). The Morgan fingerprint density at radius 3 is 1.29 bits per heavy atom. The minimum atomic E-state index is -0.654. The average Bonchev–Trinajstić information content (AvgIpc) is 1.66. The number of fused-ring (bicyclic) bond motifs is 14. The zero-order chi connectivity index (χ0) is 73.9. The van der Waals surface area contributed by atoms with Crippen molar-refractivity contribution in [2.24, 2.45) is 107 Å². The molecule has 8 fully saturated rings. The molecule has 10 aliphatic rings. The highest BCUT2D eigenvalue weighted by Crippen LogP contribution is 2.79. The summed E-state index contributed by atoms with van der Waals surface area (Å²) in [5, 5.41) is 28.3. The number of rotatable bonds is 15. The molecule has 101 heavy (non-hydrogen) atoms. The predicted octanol–water partition coefficient (Wildman–Crippen LogP) is 19.1. The van der Waals surface area contributed by atoms with Gasteiger partial charge in [-0.1, -0.05) is 184 Å². The van der Waals surface area contributed by atoms with Gasteiger partial charge in [-0.05, 0) is 243 Å². The second-order valence-corrected chi connectivity index (χ2v) is 37.3. The van der Waals surface area contributed by atoms with Crippen LogP contribution in [0.5, 0.6) is 0 Å². The molecule has 18 atom stereocenters. The number of aliphatic hydroxyl groups excluding tert-OH is 2. The van der Waals surface area contributed by atoms with Crippen LogP contribution >= 0.6 is 23.2 Å². The molecule has 0 spiro atoms. The zero-order valence-electron chi connectivity index (χ0n) is 65.1. The molecule has 2 aromatic rings. The van der Waals surface area contributed by atoms with Gasteiger partial charge in [0.05, 0.1) is 12.2 Å². The summed E-state index contributed by atoms with van der Waals surface area (Å²) in [4.78, 5) is 63.9. The van der Waals surface area contributed by atoms with Gasteiger partial charge in [-0.15, -0.1) is 0 Å². The first kappa shape index (κ1) is 82.9. The van der Waals surface area contributed by atoms with Crippen molar-refractivity contribution in [3.05, 3.63) is 92.0 Å². The molecule has 0 heterocycles. The zero-order valence-corrected chi connectivity index (χ0v) is 66.6. The molecule has 0 radical (unpaired) electrons. The average molecular weight is 1440 g/mol. The maximum Gasteiger partial charge on any atom is 0.302 e. The lowest BCUT2D eigenvalue weighted by atomic mass is 9.33. The number of hydrogen-bond donors (Lipinski definition) is 4. The number of ketones is 2. The minimum absolute atomic E-state index is 0. The maximum atomic E-state index is 13.9. The number of nitrogens with two attached hydrogens (primary N) is 1. The summed E-state index contributed by atoms with van der Waals surface area (Å²) in [5.41, 5.74) is 12.3. The molecule has 0 amide bonds. The van der Waals surface area contributed by atoms with Crippen molar-refractivity contribution < 1.29 is 43.7 Å². The van der Waals surface area contributed by atoms with E-state index in [2.05, 4.69) is 128 Å². The number of carbonyl (C=O) groups excluding carboxylic acids is 5. The van der Waals surface area contributed by atoms with Gasteiger partial charge in [0, 0.05) is 83.6 Å². The fourth-order valence-corrected chi connectivity index (χ4v) is 25.8.